The molecule has 2 amide bonds. The lowest BCUT2D eigenvalue weighted by Gasteiger charge is -2.18. The van der Waals surface area contributed by atoms with Crippen LogP contribution in [-0.2, 0) is 0 Å². The molecule has 0 radical (unpaired) electrons. The Balaban J connectivity index is 2.00. The van der Waals surface area contributed by atoms with E-state index in [9.17, 15) is 9.90 Å². The summed E-state index contributed by atoms with van der Waals surface area (Å²) in [5, 5.41) is 14.8. The molecule has 1 heterocycles. The average Bonchev–Trinajstić information content (AvgIpc) is 2.76. The SMILES string of the molecule is Cc1nc2ccc(NC(=O)NC(CO)CC(C)C)cc2o1. The summed E-state index contributed by atoms with van der Waals surface area (Å²) in [5.74, 6) is 0.986. The number of rotatable bonds is 5. The second-order valence-electron chi connectivity index (χ2n) is 5.52. The van der Waals surface area contributed by atoms with Gasteiger partial charge in [0.1, 0.15) is 5.52 Å². The van der Waals surface area contributed by atoms with Gasteiger partial charge in [-0.15, -0.1) is 0 Å². The van der Waals surface area contributed by atoms with Crippen LogP contribution in [0.2, 0.25) is 0 Å². The number of hydrogen-bond acceptors (Lipinski definition) is 4. The van der Waals surface area contributed by atoms with E-state index in [2.05, 4.69) is 15.6 Å². The van der Waals surface area contributed by atoms with E-state index in [1.807, 2.05) is 13.8 Å². The van der Waals surface area contributed by atoms with Gasteiger partial charge in [0.2, 0.25) is 0 Å². The van der Waals surface area contributed by atoms with Gasteiger partial charge in [-0.2, -0.15) is 0 Å². The van der Waals surface area contributed by atoms with Crippen LogP contribution in [0.25, 0.3) is 11.1 Å². The molecule has 6 nitrogen and oxygen atoms in total. The van der Waals surface area contributed by atoms with E-state index in [-0.39, 0.29) is 18.7 Å². The summed E-state index contributed by atoms with van der Waals surface area (Å²) in [6, 6.07) is 4.69. The van der Waals surface area contributed by atoms with E-state index in [0.717, 1.165) is 11.9 Å². The number of oxazole rings is 1. The molecular weight excluding hydrogens is 270 g/mol. The molecule has 1 aromatic heterocycles. The van der Waals surface area contributed by atoms with Gasteiger partial charge in [-0.25, -0.2) is 9.78 Å². The standard InChI is InChI=1S/C15H21N3O3/c1-9(2)6-12(8-19)18-15(20)17-11-4-5-13-14(7-11)21-10(3)16-13/h4-5,7,9,12,19H,6,8H2,1-3H3,(H2,17,18,20). The highest BCUT2D eigenvalue weighted by atomic mass is 16.3. The van der Waals surface area contributed by atoms with E-state index in [1.165, 1.54) is 0 Å². The summed E-state index contributed by atoms with van der Waals surface area (Å²) in [4.78, 5) is 16.1. The van der Waals surface area contributed by atoms with Crippen LogP contribution in [0.15, 0.2) is 22.6 Å². The van der Waals surface area contributed by atoms with Crippen LogP contribution in [0.4, 0.5) is 10.5 Å². The highest BCUT2D eigenvalue weighted by molar-refractivity contribution is 5.91. The zero-order chi connectivity index (χ0) is 15.4. The molecule has 0 aliphatic rings. The number of urea groups is 1. The maximum absolute atomic E-state index is 11.9. The van der Waals surface area contributed by atoms with Crippen molar-refractivity contribution in [3.05, 3.63) is 24.1 Å². The van der Waals surface area contributed by atoms with Gasteiger partial charge in [0, 0.05) is 18.7 Å². The maximum atomic E-state index is 11.9. The maximum Gasteiger partial charge on any atom is 0.319 e. The van der Waals surface area contributed by atoms with E-state index >= 15 is 0 Å². The molecule has 2 aromatic rings. The van der Waals surface area contributed by atoms with Crippen LogP contribution in [0.1, 0.15) is 26.2 Å². The van der Waals surface area contributed by atoms with E-state index in [1.54, 1.807) is 25.1 Å². The fourth-order valence-corrected chi connectivity index (χ4v) is 2.22. The molecule has 6 heteroatoms. The monoisotopic (exact) mass is 291 g/mol. The summed E-state index contributed by atoms with van der Waals surface area (Å²) >= 11 is 0. The second kappa shape index (κ2) is 6.58. The summed E-state index contributed by atoms with van der Waals surface area (Å²) in [5.41, 5.74) is 2.01. The molecule has 2 rings (SSSR count). The topological polar surface area (TPSA) is 87.4 Å². The molecule has 0 fully saturated rings. The molecule has 21 heavy (non-hydrogen) atoms. The number of aliphatic hydroxyl groups is 1. The number of aromatic nitrogens is 1. The molecule has 3 N–H and O–H groups in total. The van der Waals surface area contributed by atoms with Crippen LogP contribution in [-0.4, -0.2) is 28.8 Å². The lowest BCUT2D eigenvalue weighted by atomic mass is 10.0. The number of amides is 2. The molecule has 0 saturated carbocycles. The largest absolute Gasteiger partial charge is 0.441 e. The van der Waals surface area contributed by atoms with E-state index < -0.39 is 0 Å². The minimum Gasteiger partial charge on any atom is -0.441 e. The van der Waals surface area contributed by atoms with Crippen molar-refractivity contribution in [2.24, 2.45) is 5.92 Å². The van der Waals surface area contributed by atoms with Crippen LogP contribution >= 0.6 is 0 Å². The first-order valence-corrected chi connectivity index (χ1v) is 7.03. The Hall–Kier alpha value is -2.08. The van der Waals surface area contributed by atoms with Crippen molar-refractivity contribution in [3.63, 3.8) is 0 Å². The van der Waals surface area contributed by atoms with Crippen molar-refractivity contribution < 1.29 is 14.3 Å². The number of aryl methyl sites for hydroxylation is 1. The molecule has 0 aliphatic heterocycles. The first-order chi connectivity index (χ1) is 9.97. The normalized spacial score (nSPS) is 12.6. The smallest absolute Gasteiger partial charge is 0.319 e. The Bertz CT molecular complexity index is 622. The van der Waals surface area contributed by atoms with Crippen LogP contribution < -0.4 is 10.6 Å². The summed E-state index contributed by atoms with van der Waals surface area (Å²) in [7, 11) is 0. The summed E-state index contributed by atoms with van der Waals surface area (Å²) in [6.07, 6.45) is 0.726. The molecule has 0 bridgehead atoms. The van der Waals surface area contributed by atoms with Crippen LogP contribution in [0, 0.1) is 12.8 Å². The van der Waals surface area contributed by atoms with Crippen LogP contribution in [0.5, 0.6) is 0 Å². The highest BCUT2D eigenvalue weighted by Crippen LogP contribution is 2.19. The van der Waals surface area contributed by atoms with E-state index in [0.29, 0.717) is 23.1 Å². The number of hydrogen-bond donors (Lipinski definition) is 3. The van der Waals surface area contributed by atoms with Gasteiger partial charge in [-0.3, -0.25) is 0 Å². The number of benzene rings is 1. The Morgan fingerprint density at radius 3 is 2.86 bits per heavy atom. The van der Waals surface area contributed by atoms with Gasteiger partial charge in [0.05, 0.1) is 12.6 Å². The predicted octanol–water partition coefficient (Wildman–Crippen LogP) is 2.66. The third-order valence-electron chi connectivity index (χ3n) is 3.06. The van der Waals surface area contributed by atoms with Crippen molar-refractivity contribution in [3.8, 4) is 0 Å². The summed E-state index contributed by atoms with van der Waals surface area (Å²) in [6.45, 7) is 5.79. The van der Waals surface area contributed by atoms with Gasteiger partial charge >= 0.3 is 6.03 Å². The van der Waals surface area contributed by atoms with Crippen LogP contribution in [0.3, 0.4) is 0 Å². The fourth-order valence-electron chi connectivity index (χ4n) is 2.22. The number of carbonyl (C=O) groups is 1. The average molecular weight is 291 g/mol. The lowest BCUT2D eigenvalue weighted by molar-refractivity contribution is 0.214. The van der Waals surface area contributed by atoms with Crippen molar-refractivity contribution in [1.29, 1.82) is 0 Å². The number of fused-ring (bicyclic) bond motifs is 1. The number of anilines is 1. The summed E-state index contributed by atoms with van der Waals surface area (Å²) < 4.78 is 5.42. The lowest BCUT2D eigenvalue weighted by Crippen LogP contribution is -2.40. The molecular formula is C15H21N3O3. The fraction of sp³-hybridized carbons (Fsp3) is 0.467. The second-order valence-corrected chi connectivity index (χ2v) is 5.52. The first-order valence-electron chi connectivity index (χ1n) is 7.03. The van der Waals surface area contributed by atoms with E-state index in [4.69, 9.17) is 4.42 Å². The molecule has 0 spiro atoms. The highest BCUT2D eigenvalue weighted by Gasteiger charge is 2.13. The zero-order valence-electron chi connectivity index (χ0n) is 12.5. The predicted molar refractivity (Wildman–Crippen MR) is 81.2 cm³/mol. The number of aliphatic hydroxyl groups excluding tert-OH is 1. The number of nitrogens with zero attached hydrogens (tertiary/aromatic N) is 1. The molecule has 1 atom stereocenters. The van der Waals surface area contributed by atoms with Gasteiger partial charge in [-0.05, 0) is 24.5 Å². The molecule has 1 unspecified atom stereocenters. The van der Waals surface area contributed by atoms with Gasteiger partial charge in [-0.1, -0.05) is 13.8 Å². The Labute approximate surface area is 123 Å². The Kier molecular flexibility index (Phi) is 4.80. The first kappa shape index (κ1) is 15.3. The number of carbonyl (C=O) groups excluding carboxylic acids is 1. The van der Waals surface area contributed by atoms with Gasteiger partial charge in [0.25, 0.3) is 0 Å². The molecule has 114 valence electrons. The zero-order valence-corrected chi connectivity index (χ0v) is 12.5. The molecule has 1 aromatic carbocycles. The number of nitrogens with one attached hydrogen (secondary N) is 2. The van der Waals surface area contributed by atoms with Crippen molar-refractivity contribution >= 4 is 22.8 Å². The minimum atomic E-state index is -0.342. The van der Waals surface area contributed by atoms with Crippen molar-refractivity contribution in [2.75, 3.05) is 11.9 Å². The quantitative estimate of drug-likeness (QED) is 0.790. The minimum absolute atomic E-state index is 0.0774. The molecule has 0 aliphatic carbocycles. The Morgan fingerprint density at radius 1 is 1.43 bits per heavy atom. The Morgan fingerprint density at radius 2 is 2.19 bits per heavy atom. The third kappa shape index (κ3) is 4.19. The third-order valence-corrected chi connectivity index (χ3v) is 3.06. The van der Waals surface area contributed by atoms with Gasteiger partial charge < -0.3 is 20.2 Å². The van der Waals surface area contributed by atoms with Gasteiger partial charge in [0.15, 0.2) is 11.5 Å². The van der Waals surface area contributed by atoms with Crippen molar-refractivity contribution in [1.82, 2.24) is 10.3 Å². The molecule has 0 saturated heterocycles. The van der Waals surface area contributed by atoms with Crippen molar-refractivity contribution in [2.45, 2.75) is 33.2 Å².